The van der Waals surface area contributed by atoms with Crippen molar-refractivity contribution in [1.29, 1.82) is 0 Å². The lowest BCUT2D eigenvalue weighted by Gasteiger charge is -2.20. The minimum Gasteiger partial charge on any atom is -0.370 e. The largest absolute Gasteiger partial charge is 0.370 e. The number of hydrogen-bond acceptors (Lipinski definition) is 5. The van der Waals surface area contributed by atoms with Gasteiger partial charge in [0.05, 0.1) is 6.54 Å². The topological polar surface area (TPSA) is 61.4 Å². The second-order valence-corrected chi connectivity index (χ2v) is 4.73. The Hall–Kier alpha value is -1.85. The average Bonchev–Trinajstić information content (AvgIpc) is 2.35. The summed E-state index contributed by atoms with van der Waals surface area (Å²) in [4.78, 5) is 23.8. The normalized spacial score (nSPS) is 10.2. The summed E-state index contributed by atoms with van der Waals surface area (Å²) in [5.74, 6) is 2.29. The Kier molecular flexibility index (Phi) is 5.54. The number of hydrogen-bond donors (Lipinski definition) is 1. The molecule has 0 unspecified atom stereocenters. The molecule has 1 aromatic heterocycles. The lowest BCUT2D eigenvalue weighted by Crippen LogP contribution is -2.34. The van der Waals surface area contributed by atoms with E-state index in [1.807, 2.05) is 24.9 Å². The Bertz CT molecular complexity index is 433. The molecule has 0 aliphatic carbocycles. The third-order valence-corrected chi connectivity index (χ3v) is 2.64. The first-order chi connectivity index (χ1) is 8.93. The summed E-state index contributed by atoms with van der Waals surface area (Å²) in [5.41, 5.74) is 0. The summed E-state index contributed by atoms with van der Waals surface area (Å²) in [6.45, 7) is 5.12. The summed E-state index contributed by atoms with van der Waals surface area (Å²) in [5, 5.41) is 3.23. The predicted octanol–water partition coefficient (Wildman–Crippen LogP) is 1.13. The van der Waals surface area contributed by atoms with E-state index < -0.39 is 0 Å². The molecule has 0 aliphatic heterocycles. The first-order valence-electron chi connectivity index (χ1n) is 6.45. The van der Waals surface area contributed by atoms with Crippen LogP contribution in [0.2, 0.25) is 0 Å². The van der Waals surface area contributed by atoms with Crippen molar-refractivity contribution in [3.05, 3.63) is 11.9 Å². The average molecular weight is 265 g/mol. The van der Waals surface area contributed by atoms with Gasteiger partial charge in [-0.15, -0.1) is 0 Å². The maximum atomic E-state index is 11.7. The molecule has 0 saturated carbocycles. The van der Waals surface area contributed by atoms with Gasteiger partial charge in [0.25, 0.3) is 0 Å². The van der Waals surface area contributed by atoms with Gasteiger partial charge in [0, 0.05) is 33.8 Å². The number of amides is 1. The van der Waals surface area contributed by atoms with E-state index in [0.717, 1.165) is 24.6 Å². The molecule has 19 heavy (non-hydrogen) atoms. The molecule has 106 valence electrons. The predicted molar refractivity (Wildman–Crippen MR) is 77.5 cm³/mol. The number of anilines is 2. The van der Waals surface area contributed by atoms with Gasteiger partial charge in [-0.25, -0.2) is 9.97 Å². The zero-order valence-corrected chi connectivity index (χ0v) is 12.4. The zero-order chi connectivity index (χ0) is 14.4. The van der Waals surface area contributed by atoms with Crippen LogP contribution in [0.1, 0.15) is 19.2 Å². The molecule has 1 amide bonds. The second-order valence-electron chi connectivity index (χ2n) is 4.73. The number of likely N-dealkylation sites (N-methyl/N-ethyl adjacent to an activating group) is 2. The first kappa shape index (κ1) is 15.2. The van der Waals surface area contributed by atoms with E-state index in [1.165, 1.54) is 0 Å². The van der Waals surface area contributed by atoms with Gasteiger partial charge in [0.2, 0.25) is 5.91 Å². The van der Waals surface area contributed by atoms with Crippen LogP contribution >= 0.6 is 0 Å². The lowest BCUT2D eigenvalue weighted by atomic mass is 10.4. The van der Waals surface area contributed by atoms with E-state index in [9.17, 15) is 4.79 Å². The highest BCUT2D eigenvalue weighted by molar-refractivity contribution is 5.80. The molecule has 1 heterocycles. The summed E-state index contributed by atoms with van der Waals surface area (Å²) < 4.78 is 0. The van der Waals surface area contributed by atoms with Crippen molar-refractivity contribution in [3.63, 3.8) is 0 Å². The van der Waals surface area contributed by atoms with Gasteiger partial charge in [-0.1, -0.05) is 6.92 Å². The first-order valence-corrected chi connectivity index (χ1v) is 6.45. The van der Waals surface area contributed by atoms with E-state index >= 15 is 0 Å². The third kappa shape index (κ3) is 4.73. The van der Waals surface area contributed by atoms with E-state index in [1.54, 1.807) is 19.0 Å². The molecule has 6 nitrogen and oxygen atoms in total. The maximum absolute atomic E-state index is 11.7. The van der Waals surface area contributed by atoms with Crippen LogP contribution in [0.5, 0.6) is 0 Å². The summed E-state index contributed by atoms with van der Waals surface area (Å²) in [7, 11) is 5.35. The van der Waals surface area contributed by atoms with Crippen molar-refractivity contribution >= 4 is 17.5 Å². The van der Waals surface area contributed by atoms with Gasteiger partial charge in [0.1, 0.15) is 17.5 Å². The number of nitrogens with one attached hydrogen (secondary N) is 1. The quantitative estimate of drug-likeness (QED) is 0.835. The molecule has 6 heteroatoms. The molecule has 0 aromatic carbocycles. The number of nitrogens with zero attached hydrogens (tertiary/aromatic N) is 4. The zero-order valence-electron chi connectivity index (χ0n) is 12.4. The van der Waals surface area contributed by atoms with Crippen molar-refractivity contribution in [2.24, 2.45) is 0 Å². The molecule has 1 N–H and O–H groups in total. The molecule has 0 radical (unpaired) electrons. The van der Waals surface area contributed by atoms with Gasteiger partial charge in [0.15, 0.2) is 0 Å². The van der Waals surface area contributed by atoms with Crippen LogP contribution in [0, 0.1) is 6.92 Å². The fourth-order valence-corrected chi connectivity index (χ4v) is 1.52. The number of carbonyl (C=O) groups is 1. The van der Waals surface area contributed by atoms with Crippen molar-refractivity contribution < 1.29 is 4.79 Å². The Balaban J connectivity index is 2.81. The molecular formula is C13H23N5O. The highest BCUT2D eigenvalue weighted by Gasteiger charge is 2.11. The highest BCUT2D eigenvalue weighted by atomic mass is 16.2. The van der Waals surface area contributed by atoms with E-state index in [2.05, 4.69) is 22.2 Å². The Labute approximate surface area is 114 Å². The number of aryl methyl sites for hydroxylation is 1. The minimum atomic E-state index is 0.0434. The number of carbonyl (C=O) groups excluding carboxylic acids is 1. The summed E-state index contributed by atoms with van der Waals surface area (Å²) in [6, 6.07) is 1.87. The van der Waals surface area contributed by atoms with Crippen molar-refractivity contribution in [3.8, 4) is 0 Å². The standard InChI is InChI=1S/C13H23N5O/c1-6-7-14-11-8-12(16-10(2)15-11)18(5)9-13(19)17(3)4/h8H,6-7,9H2,1-5H3,(H,14,15,16). The summed E-state index contributed by atoms with van der Waals surface area (Å²) in [6.07, 6.45) is 1.04. The monoisotopic (exact) mass is 265 g/mol. The molecule has 0 spiro atoms. The van der Waals surface area contributed by atoms with E-state index in [-0.39, 0.29) is 5.91 Å². The Morgan fingerprint density at radius 1 is 1.32 bits per heavy atom. The van der Waals surface area contributed by atoms with Crippen LogP contribution in [0.25, 0.3) is 0 Å². The van der Waals surface area contributed by atoms with Crippen LogP contribution in [0.4, 0.5) is 11.6 Å². The second kappa shape index (κ2) is 6.92. The van der Waals surface area contributed by atoms with Crippen molar-refractivity contribution in [2.45, 2.75) is 20.3 Å². The molecular weight excluding hydrogens is 242 g/mol. The molecule has 0 bridgehead atoms. The maximum Gasteiger partial charge on any atom is 0.241 e. The molecule has 0 saturated heterocycles. The van der Waals surface area contributed by atoms with Crippen LogP contribution in [0.3, 0.4) is 0 Å². The van der Waals surface area contributed by atoms with Crippen molar-refractivity contribution in [1.82, 2.24) is 14.9 Å². The fourth-order valence-electron chi connectivity index (χ4n) is 1.52. The van der Waals surface area contributed by atoms with Crippen LogP contribution in [-0.2, 0) is 4.79 Å². The molecule has 1 aromatic rings. The number of aromatic nitrogens is 2. The fraction of sp³-hybridized carbons (Fsp3) is 0.615. The van der Waals surface area contributed by atoms with Crippen LogP contribution in [0.15, 0.2) is 6.07 Å². The van der Waals surface area contributed by atoms with Gasteiger partial charge in [-0.3, -0.25) is 4.79 Å². The third-order valence-electron chi connectivity index (χ3n) is 2.64. The van der Waals surface area contributed by atoms with Gasteiger partial charge < -0.3 is 15.1 Å². The Morgan fingerprint density at radius 2 is 2.00 bits per heavy atom. The van der Waals surface area contributed by atoms with E-state index in [0.29, 0.717) is 12.4 Å². The van der Waals surface area contributed by atoms with Gasteiger partial charge in [-0.2, -0.15) is 0 Å². The highest BCUT2D eigenvalue weighted by Crippen LogP contribution is 2.14. The van der Waals surface area contributed by atoms with Gasteiger partial charge >= 0.3 is 0 Å². The Morgan fingerprint density at radius 3 is 2.58 bits per heavy atom. The minimum absolute atomic E-state index is 0.0434. The number of rotatable bonds is 6. The summed E-state index contributed by atoms with van der Waals surface area (Å²) >= 11 is 0. The smallest absolute Gasteiger partial charge is 0.241 e. The molecule has 0 aliphatic rings. The molecule has 0 atom stereocenters. The molecule has 1 rings (SSSR count). The van der Waals surface area contributed by atoms with Crippen molar-refractivity contribution in [2.75, 3.05) is 44.4 Å². The van der Waals surface area contributed by atoms with Crippen LogP contribution < -0.4 is 10.2 Å². The van der Waals surface area contributed by atoms with Crippen LogP contribution in [-0.4, -0.2) is 55.0 Å². The van der Waals surface area contributed by atoms with E-state index in [4.69, 9.17) is 0 Å². The lowest BCUT2D eigenvalue weighted by molar-refractivity contribution is -0.127. The van der Waals surface area contributed by atoms with Gasteiger partial charge in [-0.05, 0) is 13.3 Å². The SMILES string of the molecule is CCCNc1cc(N(C)CC(=O)N(C)C)nc(C)n1. The molecule has 0 fully saturated rings.